The lowest BCUT2D eigenvalue weighted by atomic mass is 9.98. The van der Waals surface area contributed by atoms with E-state index in [1.807, 2.05) is 12.1 Å². The van der Waals surface area contributed by atoms with Crippen LogP contribution >= 0.6 is 0 Å². The summed E-state index contributed by atoms with van der Waals surface area (Å²) in [4.78, 5) is 23.3. The number of benzene rings is 2. The van der Waals surface area contributed by atoms with Gasteiger partial charge in [0.25, 0.3) is 0 Å². The molecule has 1 aliphatic heterocycles. The third-order valence-corrected chi connectivity index (χ3v) is 4.87. The van der Waals surface area contributed by atoms with Crippen LogP contribution in [0.15, 0.2) is 48.7 Å². The van der Waals surface area contributed by atoms with Gasteiger partial charge >= 0.3 is 12.0 Å². The van der Waals surface area contributed by atoms with Gasteiger partial charge in [0.2, 0.25) is 0 Å². The van der Waals surface area contributed by atoms with Crippen LogP contribution in [0.5, 0.6) is 0 Å². The molecule has 2 aromatic carbocycles. The highest BCUT2D eigenvalue weighted by Gasteiger charge is 2.18. The number of nitrogens with zero attached hydrogens (tertiary/aromatic N) is 2. The summed E-state index contributed by atoms with van der Waals surface area (Å²) < 4.78 is 1.39. The smallest absolute Gasteiger partial charge is 0.325 e. The maximum Gasteiger partial charge on any atom is 0.325 e. The lowest BCUT2D eigenvalue weighted by Gasteiger charge is -2.27. The van der Waals surface area contributed by atoms with Crippen molar-refractivity contribution in [2.45, 2.75) is 25.4 Å². The molecule has 0 saturated heterocycles. The van der Waals surface area contributed by atoms with Gasteiger partial charge in [0.1, 0.15) is 6.54 Å². The van der Waals surface area contributed by atoms with Crippen molar-refractivity contribution in [1.82, 2.24) is 15.1 Å². The van der Waals surface area contributed by atoms with Crippen LogP contribution in [0.2, 0.25) is 0 Å². The number of hydrogen-bond donors (Lipinski definition) is 4. The summed E-state index contributed by atoms with van der Waals surface area (Å²) in [5.74, 6) is -0.970. The number of para-hydroxylation sites is 1. The molecule has 1 atom stereocenters. The molecule has 0 fully saturated rings. The van der Waals surface area contributed by atoms with Crippen LogP contribution in [-0.4, -0.2) is 39.5 Å². The fourth-order valence-electron chi connectivity index (χ4n) is 3.50. The Labute approximate surface area is 161 Å². The number of carboxylic acids is 1. The molecule has 144 valence electrons. The largest absolute Gasteiger partial charge is 0.480 e. The van der Waals surface area contributed by atoms with E-state index in [0.29, 0.717) is 23.1 Å². The molecule has 0 bridgehead atoms. The van der Waals surface area contributed by atoms with Gasteiger partial charge in [-0.3, -0.25) is 9.48 Å². The number of rotatable bonds is 5. The van der Waals surface area contributed by atoms with Crippen molar-refractivity contribution >= 4 is 34.3 Å². The van der Waals surface area contributed by atoms with Gasteiger partial charge in [0.05, 0.1) is 17.4 Å². The number of aliphatic carboxylic acids is 1. The van der Waals surface area contributed by atoms with E-state index in [-0.39, 0.29) is 18.6 Å². The van der Waals surface area contributed by atoms with Crippen molar-refractivity contribution in [1.29, 1.82) is 0 Å². The van der Waals surface area contributed by atoms with Crippen LogP contribution < -0.4 is 16.0 Å². The molecular formula is C20H21N5O3. The fraction of sp³-hybridized carbons (Fsp3) is 0.250. The quantitative estimate of drug-likeness (QED) is 0.545. The summed E-state index contributed by atoms with van der Waals surface area (Å²) in [5.41, 5.74) is 3.67. The molecule has 1 aromatic heterocycles. The van der Waals surface area contributed by atoms with Crippen LogP contribution in [-0.2, 0) is 17.8 Å². The van der Waals surface area contributed by atoms with Gasteiger partial charge in [-0.1, -0.05) is 24.3 Å². The molecule has 1 unspecified atom stereocenters. The van der Waals surface area contributed by atoms with Gasteiger partial charge in [-0.2, -0.15) is 5.10 Å². The molecule has 4 rings (SSSR count). The SMILES string of the molecule is O=C(O)Cn1ncc2c(NC(=O)NCC3CCc4ccccc4N3)cccc21. The van der Waals surface area contributed by atoms with E-state index in [9.17, 15) is 9.59 Å². The number of nitrogens with one attached hydrogen (secondary N) is 3. The Morgan fingerprint density at radius 1 is 1.21 bits per heavy atom. The summed E-state index contributed by atoms with van der Waals surface area (Å²) in [6.07, 6.45) is 3.50. The third kappa shape index (κ3) is 3.75. The molecule has 4 N–H and O–H groups in total. The van der Waals surface area contributed by atoms with Gasteiger partial charge in [-0.25, -0.2) is 4.79 Å². The molecule has 0 aliphatic carbocycles. The second kappa shape index (κ2) is 7.59. The van der Waals surface area contributed by atoms with E-state index in [1.165, 1.54) is 10.2 Å². The minimum Gasteiger partial charge on any atom is -0.480 e. The van der Waals surface area contributed by atoms with E-state index >= 15 is 0 Å². The molecular weight excluding hydrogens is 358 g/mol. The minimum atomic E-state index is -0.970. The summed E-state index contributed by atoms with van der Waals surface area (Å²) in [6.45, 7) is 0.280. The van der Waals surface area contributed by atoms with E-state index in [2.05, 4.69) is 33.2 Å². The zero-order valence-electron chi connectivity index (χ0n) is 15.2. The first-order valence-electron chi connectivity index (χ1n) is 9.16. The second-order valence-electron chi connectivity index (χ2n) is 6.81. The number of fused-ring (bicyclic) bond motifs is 2. The summed E-state index contributed by atoms with van der Waals surface area (Å²) in [5, 5.41) is 23.0. The Bertz CT molecular complexity index is 1030. The van der Waals surface area contributed by atoms with Crippen molar-refractivity contribution in [3.8, 4) is 0 Å². The first-order valence-corrected chi connectivity index (χ1v) is 9.16. The molecule has 0 radical (unpaired) electrons. The third-order valence-electron chi connectivity index (χ3n) is 4.87. The molecule has 8 nitrogen and oxygen atoms in total. The van der Waals surface area contributed by atoms with E-state index in [0.717, 1.165) is 18.5 Å². The average Bonchev–Trinajstić information content (AvgIpc) is 3.09. The van der Waals surface area contributed by atoms with Gasteiger partial charge in [-0.15, -0.1) is 0 Å². The van der Waals surface area contributed by atoms with Crippen LogP contribution in [0.4, 0.5) is 16.2 Å². The van der Waals surface area contributed by atoms with Crippen molar-refractivity contribution in [2.24, 2.45) is 0 Å². The van der Waals surface area contributed by atoms with Crippen molar-refractivity contribution in [3.63, 3.8) is 0 Å². The lowest BCUT2D eigenvalue weighted by Crippen LogP contribution is -2.40. The zero-order chi connectivity index (χ0) is 19.5. The number of aromatic nitrogens is 2. The number of hydrogen-bond acceptors (Lipinski definition) is 4. The normalized spacial score (nSPS) is 15.5. The molecule has 28 heavy (non-hydrogen) atoms. The Morgan fingerprint density at radius 3 is 2.93 bits per heavy atom. The fourth-order valence-corrected chi connectivity index (χ4v) is 3.50. The number of carbonyl (C=O) groups excluding carboxylic acids is 1. The number of anilines is 2. The Morgan fingerprint density at radius 2 is 2.07 bits per heavy atom. The van der Waals surface area contributed by atoms with Gasteiger partial charge in [-0.05, 0) is 36.6 Å². The van der Waals surface area contributed by atoms with Crippen molar-refractivity contribution < 1.29 is 14.7 Å². The first kappa shape index (κ1) is 17.8. The van der Waals surface area contributed by atoms with Gasteiger partial charge in [0, 0.05) is 23.7 Å². The average molecular weight is 379 g/mol. The number of carboxylic acid groups (broad SMARTS) is 1. The van der Waals surface area contributed by atoms with Crippen LogP contribution in [0.25, 0.3) is 10.9 Å². The first-order chi connectivity index (χ1) is 13.6. The van der Waals surface area contributed by atoms with Crippen LogP contribution in [0.1, 0.15) is 12.0 Å². The van der Waals surface area contributed by atoms with Crippen molar-refractivity contribution in [3.05, 3.63) is 54.2 Å². The van der Waals surface area contributed by atoms with E-state index in [1.54, 1.807) is 24.4 Å². The van der Waals surface area contributed by atoms with Crippen molar-refractivity contribution in [2.75, 3.05) is 17.2 Å². The predicted octanol–water partition coefficient (Wildman–Crippen LogP) is 2.67. The molecule has 0 spiro atoms. The number of aryl methyl sites for hydroxylation is 1. The summed E-state index contributed by atoms with van der Waals surface area (Å²) in [6, 6.07) is 13.4. The second-order valence-corrected chi connectivity index (χ2v) is 6.81. The molecule has 8 heteroatoms. The highest BCUT2D eigenvalue weighted by molar-refractivity contribution is 6.00. The molecule has 1 aliphatic rings. The standard InChI is InChI=1S/C20H21N5O3/c26-19(27)12-25-18-7-3-6-17(15(18)11-22-25)24-20(28)21-10-14-9-8-13-4-1-2-5-16(13)23-14/h1-7,11,14,23H,8-10,12H2,(H,26,27)(H2,21,24,28). The Kier molecular flexibility index (Phi) is 4.84. The summed E-state index contributed by atoms with van der Waals surface area (Å²) >= 11 is 0. The van der Waals surface area contributed by atoms with Gasteiger partial charge in [0.15, 0.2) is 0 Å². The Balaban J connectivity index is 1.38. The van der Waals surface area contributed by atoms with E-state index < -0.39 is 5.97 Å². The maximum absolute atomic E-state index is 12.4. The molecule has 2 heterocycles. The highest BCUT2D eigenvalue weighted by atomic mass is 16.4. The summed E-state index contributed by atoms with van der Waals surface area (Å²) in [7, 11) is 0. The molecule has 0 saturated carbocycles. The minimum absolute atomic E-state index is 0.176. The monoisotopic (exact) mass is 379 g/mol. The number of urea groups is 1. The van der Waals surface area contributed by atoms with E-state index in [4.69, 9.17) is 5.11 Å². The molecule has 2 amide bonds. The lowest BCUT2D eigenvalue weighted by molar-refractivity contribution is -0.137. The molecule has 3 aromatic rings. The maximum atomic E-state index is 12.4. The predicted molar refractivity (Wildman–Crippen MR) is 107 cm³/mol. The number of amides is 2. The van der Waals surface area contributed by atoms with Crippen LogP contribution in [0, 0.1) is 0 Å². The highest BCUT2D eigenvalue weighted by Crippen LogP contribution is 2.24. The van der Waals surface area contributed by atoms with Crippen LogP contribution in [0.3, 0.4) is 0 Å². The zero-order valence-corrected chi connectivity index (χ0v) is 15.2. The van der Waals surface area contributed by atoms with Gasteiger partial charge < -0.3 is 21.1 Å². The number of carbonyl (C=O) groups is 2. The Hall–Kier alpha value is -3.55. The topological polar surface area (TPSA) is 108 Å².